The van der Waals surface area contributed by atoms with Gasteiger partial charge in [0.1, 0.15) is 23.2 Å². The Kier molecular flexibility index (Phi) is 4.94. The van der Waals surface area contributed by atoms with E-state index in [-0.39, 0.29) is 6.04 Å². The average Bonchev–Trinajstić information content (AvgIpc) is 2.46. The minimum atomic E-state index is -0.672. The number of fused-ring (bicyclic) bond motifs is 1. The molecule has 0 saturated carbocycles. The van der Waals surface area contributed by atoms with Gasteiger partial charge < -0.3 is 14.6 Å². The molecule has 0 amide bonds. The smallest absolute Gasteiger partial charge is 0.126 e. The molecule has 2 rings (SSSR count). The van der Waals surface area contributed by atoms with Gasteiger partial charge in [-0.3, -0.25) is 4.90 Å². The van der Waals surface area contributed by atoms with Crippen molar-refractivity contribution in [2.24, 2.45) is 0 Å². The van der Waals surface area contributed by atoms with Crippen molar-refractivity contribution < 1.29 is 14.6 Å². The molecule has 22 heavy (non-hydrogen) atoms. The van der Waals surface area contributed by atoms with Gasteiger partial charge in [0.25, 0.3) is 0 Å². The first-order valence-corrected chi connectivity index (χ1v) is 7.45. The second kappa shape index (κ2) is 6.55. The van der Waals surface area contributed by atoms with Crippen LogP contribution in [0.15, 0.2) is 43.5 Å². The van der Waals surface area contributed by atoms with E-state index >= 15 is 0 Å². The highest BCUT2D eigenvalue weighted by molar-refractivity contribution is 5.44. The van der Waals surface area contributed by atoms with E-state index in [2.05, 4.69) is 18.1 Å². The number of aliphatic hydroxyl groups is 1. The molecule has 4 nitrogen and oxygen atoms in total. The van der Waals surface area contributed by atoms with Crippen LogP contribution in [0.4, 0.5) is 0 Å². The van der Waals surface area contributed by atoms with E-state index in [1.54, 1.807) is 7.11 Å². The van der Waals surface area contributed by atoms with Gasteiger partial charge in [0.05, 0.1) is 13.2 Å². The van der Waals surface area contributed by atoms with Crippen molar-refractivity contribution >= 4 is 0 Å². The molecule has 0 fully saturated rings. The van der Waals surface area contributed by atoms with Crippen molar-refractivity contribution in [3.8, 4) is 11.5 Å². The monoisotopic (exact) mass is 303 g/mol. The summed E-state index contributed by atoms with van der Waals surface area (Å²) in [5.74, 6) is 1.41. The van der Waals surface area contributed by atoms with Gasteiger partial charge in [0.2, 0.25) is 0 Å². The topological polar surface area (TPSA) is 41.9 Å². The lowest BCUT2D eigenvalue weighted by Crippen LogP contribution is -2.58. The lowest BCUT2D eigenvalue weighted by atomic mass is 9.84. The summed E-state index contributed by atoms with van der Waals surface area (Å²) in [6, 6.07) is 5.32. The summed E-state index contributed by atoms with van der Waals surface area (Å²) in [5, 5.41) is 11.0. The van der Waals surface area contributed by atoms with Crippen LogP contribution in [0.2, 0.25) is 0 Å². The highest BCUT2D eigenvalue weighted by Crippen LogP contribution is 2.43. The Labute approximate surface area is 132 Å². The van der Waals surface area contributed by atoms with Gasteiger partial charge in [0, 0.05) is 18.7 Å². The summed E-state index contributed by atoms with van der Waals surface area (Å²) in [7, 11) is 1.61. The number of ether oxygens (including phenoxy) is 2. The highest BCUT2D eigenvalue weighted by Gasteiger charge is 2.46. The first kappa shape index (κ1) is 16.6. The van der Waals surface area contributed by atoms with E-state index in [1.165, 1.54) is 0 Å². The lowest BCUT2D eigenvalue weighted by molar-refractivity contribution is -0.0762. The summed E-state index contributed by atoms with van der Waals surface area (Å²) in [5.41, 5.74) is 0.217. The molecular formula is C18H25NO3. The second-order valence-electron chi connectivity index (χ2n) is 6.03. The van der Waals surface area contributed by atoms with Crippen LogP contribution in [-0.4, -0.2) is 41.8 Å². The molecule has 0 bridgehead atoms. The average molecular weight is 303 g/mol. The summed E-state index contributed by atoms with van der Waals surface area (Å²) in [6.45, 7) is 12.9. The molecule has 0 aromatic heterocycles. The largest absolute Gasteiger partial charge is 0.497 e. The summed E-state index contributed by atoms with van der Waals surface area (Å²) >= 11 is 0. The van der Waals surface area contributed by atoms with E-state index in [0.29, 0.717) is 24.6 Å². The highest BCUT2D eigenvalue weighted by atomic mass is 16.5. The van der Waals surface area contributed by atoms with E-state index < -0.39 is 11.7 Å². The van der Waals surface area contributed by atoms with Crippen LogP contribution in [0.1, 0.15) is 25.5 Å². The molecule has 120 valence electrons. The molecule has 1 aliphatic heterocycles. The fourth-order valence-electron chi connectivity index (χ4n) is 3.14. The van der Waals surface area contributed by atoms with Gasteiger partial charge in [0.15, 0.2) is 0 Å². The second-order valence-corrected chi connectivity index (χ2v) is 6.03. The van der Waals surface area contributed by atoms with E-state index in [0.717, 1.165) is 5.56 Å². The van der Waals surface area contributed by atoms with Gasteiger partial charge in [-0.05, 0) is 32.0 Å². The van der Waals surface area contributed by atoms with Crippen LogP contribution in [0.5, 0.6) is 11.5 Å². The Morgan fingerprint density at radius 2 is 1.95 bits per heavy atom. The number of aliphatic hydroxyl groups excluding tert-OH is 1. The first-order valence-electron chi connectivity index (χ1n) is 7.45. The normalized spacial score (nSPS) is 22.6. The molecule has 2 atom stereocenters. The third kappa shape index (κ3) is 3.03. The predicted molar refractivity (Wildman–Crippen MR) is 88.4 cm³/mol. The van der Waals surface area contributed by atoms with Crippen LogP contribution in [0, 0.1) is 0 Å². The molecule has 0 saturated heterocycles. The van der Waals surface area contributed by atoms with Gasteiger partial charge >= 0.3 is 0 Å². The Bertz CT molecular complexity index is 543. The third-order valence-electron chi connectivity index (χ3n) is 4.04. The zero-order valence-electron chi connectivity index (χ0n) is 13.6. The Hall–Kier alpha value is -1.78. The van der Waals surface area contributed by atoms with E-state index in [4.69, 9.17) is 9.47 Å². The quantitative estimate of drug-likeness (QED) is 0.821. The van der Waals surface area contributed by atoms with Crippen LogP contribution < -0.4 is 9.47 Å². The molecule has 1 aromatic rings. The number of nitrogens with zero attached hydrogens (tertiary/aromatic N) is 1. The van der Waals surface area contributed by atoms with Crippen molar-refractivity contribution in [3.63, 3.8) is 0 Å². The van der Waals surface area contributed by atoms with Crippen molar-refractivity contribution in [1.29, 1.82) is 0 Å². The van der Waals surface area contributed by atoms with E-state index in [1.807, 2.05) is 44.2 Å². The fourth-order valence-corrected chi connectivity index (χ4v) is 3.14. The summed E-state index contributed by atoms with van der Waals surface area (Å²) in [6.07, 6.45) is 2.98. The zero-order valence-corrected chi connectivity index (χ0v) is 13.6. The maximum Gasteiger partial charge on any atom is 0.126 e. The third-order valence-corrected chi connectivity index (χ3v) is 4.04. The summed E-state index contributed by atoms with van der Waals surface area (Å²) < 4.78 is 11.4. The number of benzene rings is 1. The SMILES string of the molecule is C=CCN(CC=C)C1C(O)c2cc(OC)ccc2OC1(C)C. The lowest BCUT2D eigenvalue weighted by Gasteiger charge is -2.47. The molecule has 0 radical (unpaired) electrons. The maximum absolute atomic E-state index is 11.0. The Morgan fingerprint density at radius 1 is 1.32 bits per heavy atom. The Balaban J connectivity index is 2.44. The number of hydrogen-bond acceptors (Lipinski definition) is 4. The molecule has 0 aliphatic carbocycles. The molecule has 1 N–H and O–H groups in total. The number of rotatable bonds is 6. The fraction of sp³-hybridized carbons (Fsp3) is 0.444. The Morgan fingerprint density at radius 3 is 2.50 bits per heavy atom. The van der Waals surface area contributed by atoms with Crippen molar-refractivity contribution in [2.75, 3.05) is 20.2 Å². The zero-order chi connectivity index (χ0) is 16.3. The van der Waals surface area contributed by atoms with Crippen molar-refractivity contribution in [3.05, 3.63) is 49.1 Å². The number of methoxy groups -OCH3 is 1. The van der Waals surface area contributed by atoms with Crippen LogP contribution in [-0.2, 0) is 0 Å². The molecule has 1 aromatic carbocycles. The molecule has 1 aliphatic rings. The maximum atomic E-state index is 11.0. The first-order chi connectivity index (χ1) is 10.4. The van der Waals surface area contributed by atoms with E-state index in [9.17, 15) is 5.11 Å². The van der Waals surface area contributed by atoms with Crippen LogP contribution in [0.25, 0.3) is 0 Å². The standard InChI is InChI=1S/C18H25NO3/c1-6-10-19(11-7-2)17-16(20)14-12-13(21-5)8-9-15(14)22-18(17,3)4/h6-9,12,16-17,20H,1-2,10-11H2,3-5H3. The van der Waals surface area contributed by atoms with Crippen molar-refractivity contribution in [1.82, 2.24) is 4.90 Å². The van der Waals surface area contributed by atoms with Gasteiger partial charge in [-0.25, -0.2) is 0 Å². The molecule has 1 heterocycles. The van der Waals surface area contributed by atoms with Gasteiger partial charge in [-0.1, -0.05) is 12.2 Å². The van der Waals surface area contributed by atoms with Crippen LogP contribution in [0.3, 0.4) is 0 Å². The minimum absolute atomic E-state index is 0.205. The molecule has 4 heteroatoms. The molecule has 2 unspecified atom stereocenters. The van der Waals surface area contributed by atoms with Crippen LogP contribution >= 0.6 is 0 Å². The summed E-state index contributed by atoms with van der Waals surface area (Å²) in [4.78, 5) is 2.12. The molecular weight excluding hydrogens is 278 g/mol. The van der Waals surface area contributed by atoms with Gasteiger partial charge in [-0.2, -0.15) is 0 Å². The minimum Gasteiger partial charge on any atom is -0.497 e. The number of hydrogen-bond donors (Lipinski definition) is 1. The van der Waals surface area contributed by atoms with Crippen molar-refractivity contribution in [2.45, 2.75) is 31.6 Å². The predicted octanol–water partition coefficient (Wildman–Crippen LogP) is 2.94. The van der Waals surface area contributed by atoms with Gasteiger partial charge in [-0.15, -0.1) is 13.2 Å². The molecule has 0 spiro atoms.